The van der Waals surface area contributed by atoms with Crippen LogP contribution in [0.3, 0.4) is 0 Å². The van der Waals surface area contributed by atoms with Crippen molar-refractivity contribution in [2.75, 3.05) is 32.4 Å². The van der Waals surface area contributed by atoms with Gasteiger partial charge in [0.1, 0.15) is 11.6 Å². The average molecular weight is 466 g/mol. The maximum absolute atomic E-state index is 14.0. The van der Waals surface area contributed by atoms with Crippen molar-refractivity contribution in [3.05, 3.63) is 101 Å². The van der Waals surface area contributed by atoms with Crippen LogP contribution in [0.1, 0.15) is 35.1 Å². The zero-order valence-corrected chi connectivity index (χ0v) is 19.1. The van der Waals surface area contributed by atoms with Crippen LogP contribution in [-0.4, -0.2) is 53.6 Å². The Bertz CT molecular complexity index is 1060. The molecule has 1 fully saturated rings. The summed E-state index contributed by atoms with van der Waals surface area (Å²) in [6.07, 6.45) is 0.319. The van der Waals surface area contributed by atoms with Gasteiger partial charge in [-0.15, -0.1) is 0 Å². The van der Waals surface area contributed by atoms with Gasteiger partial charge in [0.05, 0.1) is 18.1 Å². The first-order valence-electron chi connectivity index (χ1n) is 11.4. The predicted octanol–water partition coefficient (Wildman–Crippen LogP) is 3.95. The van der Waals surface area contributed by atoms with E-state index in [1.807, 2.05) is 12.1 Å². The molecule has 3 N–H and O–H groups in total. The number of hydrogen-bond donors (Lipinski definition) is 2. The second kappa shape index (κ2) is 10.3. The van der Waals surface area contributed by atoms with E-state index >= 15 is 0 Å². The molecule has 3 aromatic carbocycles. The number of aliphatic hydroxyl groups is 1. The molecule has 1 aliphatic heterocycles. The van der Waals surface area contributed by atoms with Gasteiger partial charge in [-0.05, 0) is 59.5 Å². The number of likely N-dealkylation sites (N-methyl/N-ethyl adjacent to an activating group) is 1. The van der Waals surface area contributed by atoms with Crippen molar-refractivity contribution in [2.45, 2.75) is 24.5 Å². The third-order valence-corrected chi connectivity index (χ3v) is 6.47. The van der Waals surface area contributed by atoms with Crippen LogP contribution in [0.5, 0.6) is 0 Å². The van der Waals surface area contributed by atoms with Crippen LogP contribution >= 0.6 is 0 Å². The fourth-order valence-corrected chi connectivity index (χ4v) is 4.54. The van der Waals surface area contributed by atoms with Crippen LogP contribution in [0.15, 0.2) is 72.8 Å². The van der Waals surface area contributed by atoms with Gasteiger partial charge in [-0.3, -0.25) is 9.69 Å². The van der Waals surface area contributed by atoms with E-state index in [1.165, 1.54) is 24.3 Å². The second-order valence-electron chi connectivity index (χ2n) is 8.87. The van der Waals surface area contributed by atoms with E-state index in [4.69, 9.17) is 5.73 Å². The molecule has 1 amide bonds. The summed E-state index contributed by atoms with van der Waals surface area (Å²) in [7, 11) is 1.75. The molecule has 5 nitrogen and oxygen atoms in total. The summed E-state index contributed by atoms with van der Waals surface area (Å²) < 4.78 is 27.3. The van der Waals surface area contributed by atoms with E-state index in [0.717, 1.165) is 12.1 Å². The van der Waals surface area contributed by atoms with Crippen LogP contribution in [0.25, 0.3) is 0 Å². The van der Waals surface area contributed by atoms with Crippen LogP contribution < -0.4 is 5.73 Å². The monoisotopic (exact) mass is 465 g/mol. The number of nitrogens with zero attached hydrogens (tertiary/aromatic N) is 2. The van der Waals surface area contributed by atoms with Gasteiger partial charge in [-0.2, -0.15) is 0 Å². The number of carbonyl (C=O) groups excluding carboxylic acids is 1. The molecule has 1 saturated heterocycles. The smallest absolute Gasteiger partial charge is 0.234 e. The van der Waals surface area contributed by atoms with E-state index < -0.39 is 17.6 Å². The number of halogens is 2. The Morgan fingerprint density at radius 1 is 0.971 bits per heavy atom. The lowest BCUT2D eigenvalue weighted by molar-refractivity contribution is -0.133. The molecule has 0 saturated carbocycles. The first-order chi connectivity index (χ1) is 16.3. The average Bonchev–Trinajstić information content (AvgIpc) is 3.25. The van der Waals surface area contributed by atoms with Crippen LogP contribution in [0.4, 0.5) is 14.5 Å². The molecule has 0 aromatic heterocycles. The number of carbonyl (C=O) groups is 1. The van der Waals surface area contributed by atoms with E-state index in [-0.39, 0.29) is 18.1 Å². The summed E-state index contributed by atoms with van der Waals surface area (Å²) in [6.45, 7) is 1.84. The lowest BCUT2D eigenvalue weighted by atomic mass is 9.89. The molecule has 0 bridgehead atoms. The number of aliphatic hydroxyl groups excluding tert-OH is 1. The molecular formula is C27H29F2N3O2. The lowest BCUT2D eigenvalue weighted by Gasteiger charge is -2.34. The third-order valence-electron chi connectivity index (χ3n) is 6.47. The lowest BCUT2D eigenvalue weighted by Crippen LogP contribution is -2.41. The SMILES string of the molecule is CN(C(=O)C(c1ccc(F)cc1)c1ccc(F)cc1)[C@H](CN1CC[C@H](O)C1)c1ccc(N)cc1. The largest absolute Gasteiger partial charge is 0.399 e. The maximum Gasteiger partial charge on any atom is 0.234 e. The molecule has 3 aromatic rings. The zero-order chi connectivity index (χ0) is 24.2. The van der Waals surface area contributed by atoms with E-state index in [1.54, 1.807) is 48.3 Å². The molecule has 0 radical (unpaired) electrons. The third kappa shape index (κ3) is 5.43. The molecule has 2 atom stereocenters. The number of amides is 1. The standard InChI is InChI=1S/C27H29F2N3O2/c1-31(25(17-32-15-14-24(33)16-32)18-6-12-23(30)13-7-18)27(34)26(19-2-8-21(28)9-3-19)20-4-10-22(29)11-5-20/h2-13,24-26,33H,14-17,30H2,1H3/t24-,25+/m0/s1. The quantitative estimate of drug-likeness (QED) is 0.519. The number of likely N-dealkylation sites (tertiary alicyclic amines) is 1. The summed E-state index contributed by atoms with van der Waals surface area (Å²) >= 11 is 0. The number of hydrogen-bond acceptors (Lipinski definition) is 4. The minimum absolute atomic E-state index is 0.195. The Balaban J connectivity index is 1.70. The van der Waals surface area contributed by atoms with Crippen molar-refractivity contribution in [3.63, 3.8) is 0 Å². The van der Waals surface area contributed by atoms with E-state index in [9.17, 15) is 18.7 Å². The number of anilines is 1. The number of benzene rings is 3. The summed E-state index contributed by atoms with van der Waals surface area (Å²) in [5.41, 5.74) is 8.68. The molecule has 0 unspecified atom stereocenters. The fourth-order valence-electron chi connectivity index (χ4n) is 4.54. The van der Waals surface area contributed by atoms with Crippen molar-refractivity contribution in [2.24, 2.45) is 0 Å². The van der Waals surface area contributed by atoms with Crippen LogP contribution in [0, 0.1) is 11.6 Å². The molecular weight excluding hydrogens is 436 g/mol. The maximum atomic E-state index is 14.0. The van der Waals surface area contributed by atoms with E-state index in [0.29, 0.717) is 36.3 Å². The Morgan fingerprint density at radius 3 is 1.94 bits per heavy atom. The number of β-amino-alcohol motifs (C(OH)–C–C–N with tert-alkyl or cyclic N) is 1. The summed E-state index contributed by atoms with van der Waals surface area (Å²) in [6, 6.07) is 18.7. The van der Waals surface area contributed by atoms with Gasteiger partial charge in [0.2, 0.25) is 5.91 Å². The van der Waals surface area contributed by atoms with Gasteiger partial charge in [-0.1, -0.05) is 36.4 Å². The molecule has 4 rings (SSSR count). The molecule has 178 valence electrons. The Kier molecular flexibility index (Phi) is 7.24. The van der Waals surface area contributed by atoms with E-state index in [2.05, 4.69) is 4.90 Å². The van der Waals surface area contributed by atoms with Crippen molar-refractivity contribution in [3.8, 4) is 0 Å². The topological polar surface area (TPSA) is 69.8 Å². The highest BCUT2D eigenvalue weighted by molar-refractivity contribution is 5.87. The van der Waals surface area contributed by atoms with Gasteiger partial charge in [0, 0.05) is 32.4 Å². The Labute approximate surface area is 198 Å². The minimum Gasteiger partial charge on any atom is -0.399 e. The molecule has 7 heteroatoms. The zero-order valence-electron chi connectivity index (χ0n) is 19.1. The fraction of sp³-hybridized carbons (Fsp3) is 0.296. The number of rotatable bonds is 7. The first-order valence-corrected chi connectivity index (χ1v) is 11.4. The van der Waals surface area contributed by atoms with Gasteiger partial charge < -0.3 is 15.7 Å². The normalized spacial score (nSPS) is 17.1. The summed E-state index contributed by atoms with van der Waals surface area (Å²) in [4.78, 5) is 17.8. The van der Waals surface area contributed by atoms with Gasteiger partial charge in [0.25, 0.3) is 0 Å². The van der Waals surface area contributed by atoms with Crippen molar-refractivity contribution in [1.82, 2.24) is 9.80 Å². The summed E-state index contributed by atoms with van der Waals surface area (Å²) in [5, 5.41) is 10.00. The number of nitrogen functional groups attached to an aromatic ring is 1. The van der Waals surface area contributed by atoms with Gasteiger partial charge >= 0.3 is 0 Å². The molecule has 1 aliphatic rings. The highest BCUT2D eigenvalue weighted by Gasteiger charge is 2.33. The Hall–Kier alpha value is -3.29. The van der Waals surface area contributed by atoms with Gasteiger partial charge in [-0.25, -0.2) is 8.78 Å². The highest BCUT2D eigenvalue weighted by Crippen LogP contribution is 2.32. The molecule has 1 heterocycles. The van der Waals surface area contributed by atoms with Crippen LogP contribution in [-0.2, 0) is 4.79 Å². The summed E-state index contributed by atoms with van der Waals surface area (Å²) in [5.74, 6) is -1.71. The second-order valence-corrected chi connectivity index (χ2v) is 8.87. The highest BCUT2D eigenvalue weighted by atomic mass is 19.1. The van der Waals surface area contributed by atoms with Crippen molar-refractivity contribution in [1.29, 1.82) is 0 Å². The van der Waals surface area contributed by atoms with Crippen LogP contribution in [0.2, 0.25) is 0 Å². The minimum atomic E-state index is -0.730. The van der Waals surface area contributed by atoms with Crippen molar-refractivity contribution < 1.29 is 18.7 Å². The van der Waals surface area contributed by atoms with Gasteiger partial charge in [0.15, 0.2) is 0 Å². The molecule has 0 spiro atoms. The molecule has 34 heavy (non-hydrogen) atoms. The number of nitrogens with two attached hydrogens (primary N) is 1. The first kappa shape index (κ1) is 23.9. The van der Waals surface area contributed by atoms with Crippen molar-refractivity contribution >= 4 is 11.6 Å². The Morgan fingerprint density at radius 2 is 1.47 bits per heavy atom. The molecule has 0 aliphatic carbocycles. The predicted molar refractivity (Wildman–Crippen MR) is 128 cm³/mol.